The first-order chi connectivity index (χ1) is 11.5. The zero-order valence-corrected chi connectivity index (χ0v) is 13.7. The topological polar surface area (TPSA) is 107 Å². The molecule has 0 bridgehead atoms. The molecular weight excluding hydrogens is 361 g/mol. The number of nitriles is 1. The Labute approximate surface area is 142 Å². The maximum Gasteiger partial charge on any atom is 0.417 e. The van der Waals surface area contributed by atoms with Crippen LogP contribution in [0.4, 0.5) is 13.2 Å². The lowest BCUT2D eigenvalue weighted by Gasteiger charge is -2.26. The van der Waals surface area contributed by atoms with Gasteiger partial charge in [-0.15, -0.1) is 0 Å². The minimum atomic E-state index is -4.75. The minimum Gasteiger partial charge on any atom is -0.481 e. The Morgan fingerprint density at radius 1 is 1.24 bits per heavy atom. The van der Waals surface area contributed by atoms with Crippen molar-refractivity contribution >= 4 is 16.0 Å². The predicted octanol–water partition coefficient (Wildman–Crippen LogP) is 2.50. The molecule has 2 N–H and O–H groups in total. The lowest BCUT2D eigenvalue weighted by molar-refractivity contribution is -0.143. The van der Waals surface area contributed by atoms with Crippen molar-refractivity contribution in [3.8, 4) is 6.07 Å². The van der Waals surface area contributed by atoms with Crippen LogP contribution >= 0.6 is 0 Å². The Hall–Kier alpha value is -2.12. The van der Waals surface area contributed by atoms with Gasteiger partial charge in [0.1, 0.15) is 0 Å². The molecule has 0 atom stereocenters. The van der Waals surface area contributed by atoms with Gasteiger partial charge in [-0.25, -0.2) is 13.1 Å². The Morgan fingerprint density at radius 2 is 1.84 bits per heavy atom. The van der Waals surface area contributed by atoms with E-state index in [1.165, 1.54) is 6.07 Å². The van der Waals surface area contributed by atoms with Crippen molar-refractivity contribution in [3.63, 3.8) is 0 Å². The van der Waals surface area contributed by atoms with Gasteiger partial charge in [0, 0.05) is 6.04 Å². The normalized spacial score (nSPS) is 21.5. The average molecular weight is 376 g/mol. The van der Waals surface area contributed by atoms with Crippen LogP contribution in [-0.4, -0.2) is 25.5 Å². The largest absolute Gasteiger partial charge is 0.481 e. The Balaban J connectivity index is 2.18. The number of benzene rings is 1. The molecule has 0 radical (unpaired) electrons. The van der Waals surface area contributed by atoms with Crippen LogP contribution in [0.5, 0.6) is 0 Å². The molecule has 1 fully saturated rings. The van der Waals surface area contributed by atoms with Crippen LogP contribution in [0.25, 0.3) is 0 Å². The molecule has 0 saturated heterocycles. The van der Waals surface area contributed by atoms with E-state index in [-0.39, 0.29) is 0 Å². The third-order valence-corrected chi connectivity index (χ3v) is 5.64. The van der Waals surface area contributed by atoms with Gasteiger partial charge in [-0.3, -0.25) is 4.79 Å². The summed E-state index contributed by atoms with van der Waals surface area (Å²) in [6.07, 6.45) is -3.47. The Bertz CT molecular complexity index is 807. The molecule has 2 rings (SSSR count). The standard InChI is InChI=1S/C15H15F3N2O4S/c16-15(17,18)13-6-5-12(7-10(13)8-19)25(23,24)20-11-3-1-9(2-4-11)14(21)22/h5-7,9,11,20H,1-4H2,(H,21,22). The number of halogens is 3. The number of nitrogens with zero attached hydrogens (tertiary/aromatic N) is 1. The molecule has 1 aromatic carbocycles. The van der Waals surface area contributed by atoms with E-state index >= 15 is 0 Å². The minimum absolute atomic E-state index is 0.318. The van der Waals surface area contributed by atoms with Crippen molar-refractivity contribution < 1.29 is 31.5 Å². The van der Waals surface area contributed by atoms with E-state index < -0.39 is 50.2 Å². The van der Waals surface area contributed by atoms with E-state index in [1.807, 2.05) is 0 Å². The summed E-state index contributed by atoms with van der Waals surface area (Å²) in [4.78, 5) is 10.5. The van der Waals surface area contributed by atoms with Gasteiger partial charge in [-0.1, -0.05) is 0 Å². The second kappa shape index (κ2) is 7.01. The van der Waals surface area contributed by atoms with Crippen LogP contribution in [0.2, 0.25) is 0 Å². The van der Waals surface area contributed by atoms with Crippen molar-refractivity contribution in [2.24, 2.45) is 5.92 Å². The number of carbonyl (C=O) groups is 1. The molecule has 0 aliphatic heterocycles. The maximum atomic E-state index is 12.8. The van der Waals surface area contributed by atoms with Crippen molar-refractivity contribution in [2.75, 3.05) is 0 Å². The van der Waals surface area contributed by atoms with Gasteiger partial charge in [-0.05, 0) is 43.9 Å². The third kappa shape index (κ3) is 4.49. The molecule has 0 unspecified atom stereocenters. The first-order valence-corrected chi connectivity index (χ1v) is 8.89. The van der Waals surface area contributed by atoms with Crippen molar-refractivity contribution in [1.29, 1.82) is 5.26 Å². The lowest BCUT2D eigenvalue weighted by Crippen LogP contribution is -2.38. The van der Waals surface area contributed by atoms with E-state index in [4.69, 9.17) is 10.4 Å². The summed E-state index contributed by atoms with van der Waals surface area (Å²) in [5.74, 6) is -1.44. The smallest absolute Gasteiger partial charge is 0.417 e. The van der Waals surface area contributed by atoms with Gasteiger partial charge in [0.05, 0.1) is 28.0 Å². The highest BCUT2D eigenvalue weighted by atomic mass is 32.2. The molecule has 1 aliphatic rings. The Morgan fingerprint density at radius 3 is 2.32 bits per heavy atom. The molecule has 0 aromatic heterocycles. The second-order valence-electron chi connectivity index (χ2n) is 5.83. The number of hydrogen-bond acceptors (Lipinski definition) is 4. The molecule has 1 saturated carbocycles. The highest BCUT2D eigenvalue weighted by molar-refractivity contribution is 7.89. The van der Waals surface area contributed by atoms with Crippen LogP contribution in [0.15, 0.2) is 23.1 Å². The molecule has 0 heterocycles. The highest BCUT2D eigenvalue weighted by Crippen LogP contribution is 2.33. The number of carboxylic acids is 1. The number of hydrogen-bond donors (Lipinski definition) is 2. The van der Waals surface area contributed by atoms with Crippen LogP contribution in [0, 0.1) is 17.2 Å². The number of carboxylic acid groups (broad SMARTS) is 1. The maximum absolute atomic E-state index is 12.8. The molecule has 6 nitrogen and oxygen atoms in total. The molecule has 0 amide bonds. The number of nitrogens with one attached hydrogen (secondary N) is 1. The second-order valence-corrected chi connectivity index (χ2v) is 7.54. The number of rotatable bonds is 4. The van der Waals surface area contributed by atoms with E-state index in [0.29, 0.717) is 37.8 Å². The third-order valence-electron chi connectivity index (χ3n) is 4.13. The van der Waals surface area contributed by atoms with Gasteiger partial charge >= 0.3 is 12.1 Å². The van der Waals surface area contributed by atoms with Gasteiger partial charge in [0.2, 0.25) is 10.0 Å². The summed E-state index contributed by atoms with van der Waals surface area (Å²) < 4.78 is 65.3. The van der Waals surface area contributed by atoms with E-state index in [2.05, 4.69) is 4.72 Å². The van der Waals surface area contributed by atoms with E-state index in [1.54, 1.807) is 0 Å². The average Bonchev–Trinajstić information content (AvgIpc) is 2.53. The lowest BCUT2D eigenvalue weighted by atomic mass is 9.87. The van der Waals surface area contributed by atoms with Crippen LogP contribution < -0.4 is 4.72 Å². The van der Waals surface area contributed by atoms with Gasteiger partial charge in [0.25, 0.3) is 0 Å². The fourth-order valence-electron chi connectivity index (χ4n) is 2.78. The van der Waals surface area contributed by atoms with E-state index in [0.717, 1.165) is 6.07 Å². The van der Waals surface area contributed by atoms with Gasteiger partial charge in [0.15, 0.2) is 0 Å². The quantitative estimate of drug-likeness (QED) is 0.840. The SMILES string of the molecule is N#Cc1cc(S(=O)(=O)NC2CCC(C(=O)O)CC2)ccc1C(F)(F)F. The summed E-state index contributed by atoms with van der Waals surface area (Å²) in [6.45, 7) is 0. The monoisotopic (exact) mass is 376 g/mol. The Kier molecular flexibility index (Phi) is 5.39. The first kappa shape index (κ1) is 19.2. The van der Waals surface area contributed by atoms with Crippen LogP contribution in [0.1, 0.15) is 36.8 Å². The molecule has 1 aromatic rings. The molecule has 136 valence electrons. The predicted molar refractivity (Wildman–Crippen MR) is 79.9 cm³/mol. The fraction of sp³-hybridized carbons (Fsp3) is 0.467. The summed E-state index contributed by atoms with van der Waals surface area (Å²) in [5, 5.41) is 17.8. The van der Waals surface area contributed by atoms with Gasteiger partial charge in [-0.2, -0.15) is 18.4 Å². The zero-order chi connectivity index (χ0) is 18.8. The number of aliphatic carboxylic acids is 1. The van der Waals surface area contributed by atoms with Crippen LogP contribution in [0.3, 0.4) is 0 Å². The number of sulfonamides is 1. The summed E-state index contributed by atoms with van der Waals surface area (Å²) in [6, 6.07) is 2.92. The summed E-state index contributed by atoms with van der Waals surface area (Å²) >= 11 is 0. The summed E-state index contributed by atoms with van der Waals surface area (Å²) in [5.41, 5.74) is -1.97. The van der Waals surface area contributed by atoms with Gasteiger partial charge < -0.3 is 5.11 Å². The highest BCUT2D eigenvalue weighted by Gasteiger charge is 2.35. The molecule has 10 heteroatoms. The van der Waals surface area contributed by atoms with Crippen molar-refractivity contribution in [2.45, 2.75) is 42.8 Å². The molecule has 1 aliphatic carbocycles. The first-order valence-electron chi connectivity index (χ1n) is 7.41. The zero-order valence-electron chi connectivity index (χ0n) is 12.9. The van der Waals surface area contributed by atoms with Crippen molar-refractivity contribution in [3.05, 3.63) is 29.3 Å². The summed E-state index contributed by atoms with van der Waals surface area (Å²) in [7, 11) is -4.11. The van der Waals surface area contributed by atoms with E-state index in [9.17, 15) is 26.4 Å². The molecule has 25 heavy (non-hydrogen) atoms. The molecular formula is C15H15F3N2O4S. The number of alkyl halides is 3. The van der Waals surface area contributed by atoms with Crippen LogP contribution in [-0.2, 0) is 21.0 Å². The fourth-order valence-corrected chi connectivity index (χ4v) is 4.11. The molecule has 0 spiro atoms. The van der Waals surface area contributed by atoms with Crippen molar-refractivity contribution in [1.82, 2.24) is 4.72 Å².